The summed E-state index contributed by atoms with van der Waals surface area (Å²) in [5.74, 6) is 0.451. The summed E-state index contributed by atoms with van der Waals surface area (Å²) in [6.45, 7) is 1.75. The predicted octanol–water partition coefficient (Wildman–Crippen LogP) is 3.12. The summed E-state index contributed by atoms with van der Waals surface area (Å²) in [5.41, 5.74) is 0.456. The van der Waals surface area contributed by atoms with Crippen molar-refractivity contribution in [2.75, 3.05) is 7.05 Å². The molecule has 21 heavy (non-hydrogen) atoms. The Hall–Kier alpha value is -2.02. The Balaban J connectivity index is 2.00. The van der Waals surface area contributed by atoms with Gasteiger partial charge in [0, 0.05) is 13.1 Å². The van der Waals surface area contributed by atoms with Crippen LogP contribution in [0.25, 0.3) is 0 Å². The van der Waals surface area contributed by atoms with Gasteiger partial charge in [0.25, 0.3) is 5.91 Å². The van der Waals surface area contributed by atoms with E-state index in [0.717, 1.165) is 12.8 Å². The van der Waals surface area contributed by atoms with Crippen LogP contribution in [0.15, 0.2) is 24.3 Å². The molecule has 0 aliphatic heterocycles. The summed E-state index contributed by atoms with van der Waals surface area (Å²) in [6.07, 6.45) is 5.21. The van der Waals surface area contributed by atoms with Gasteiger partial charge in [0.15, 0.2) is 6.10 Å². The van der Waals surface area contributed by atoms with Gasteiger partial charge in [-0.05, 0) is 31.9 Å². The molecule has 0 heterocycles. The molecule has 1 aliphatic rings. The zero-order chi connectivity index (χ0) is 15.2. The van der Waals surface area contributed by atoms with Crippen LogP contribution in [0.3, 0.4) is 0 Å². The second-order valence-electron chi connectivity index (χ2n) is 5.61. The largest absolute Gasteiger partial charge is 0.480 e. The number of carbonyl (C=O) groups is 1. The van der Waals surface area contributed by atoms with Gasteiger partial charge in [-0.1, -0.05) is 31.4 Å². The molecule has 1 atom stereocenters. The lowest BCUT2D eigenvalue weighted by Gasteiger charge is -2.33. The number of para-hydroxylation sites is 1. The smallest absolute Gasteiger partial charge is 0.263 e. The van der Waals surface area contributed by atoms with Crippen LogP contribution in [0.4, 0.5) is 0 Å². The Morgan fingerprint density at radius 2 is 2.00 bits per heavy atom. The van der Waals surface area contributed by atoms with Crippen LogP contribution in [0.2, 0.25) is 0 Å². The SMILES string of the molecule is CC(Oc1ccccc1C#N)C(=O)N(C)C1CCCCC1. The van der Waals surface area contributed by atoms with Gasteiger partial charge in [-0.2, -0.15) is 5.26 Å². The van der Waals surface area contributed by atoms with Crippen molar-refractivity contribution in [2.45, 2.75) is 51.2 Å². The van der Waals surface area contributed by atoms with Crippen LogP contribution in [0.5, 0.6) is 5.75 Å². The highest BCUT2D eigenvalue weighted by Crippen LogP contribution is 2.23. The van der Waals surface area contributed by atoms with E-state index in [1.165, 1.54) is 19.3 Å². The van der Waals surface area contributed by atoms with E-state index >= 15 is 0 Å². The van der Waals surface area contributed by atoms with Gasteiger partial charge >= 0.3 is 0 Å². The minimum absolute atomic E-state index is 0.0188. The number of ether oxygens (including phenoxy) is 1. The number of benzene rings is 1. The fraction of sp³-hybridized carbons (Fsp3) is 0.529. The molecule has 1 unspecified atom stereocenters. The number of carbonyl (C=O) groups excluding carboxylic acids is 1. The average Bonchev–Trinajstić information content (AvgIpc) is 2.54. The van der Waals surface area contributed by atoms with E-state index < -0.39 is 6.10 Å². The molecule has 0 aromatic heterocycles. The van der Waals surface area contributed by atoms with Gasteiger partial charge in [-0.3, -0.25) is 4.79 Å². The van der Waals surface area contributed by atoms with Crippen LogP contribution < -0.4 is 4.74 Å². The number of likely N-dealkylation sites (N-methyl/N-ethyl adjacent to an activating group) is 1. The van der Waals surface area contributed by atoms with Crippen LogP contribution in [-0.2, 0) is 4.79 Å². The number of hydrogen-bond donors (Lipinski definition) is 0. The Kier molecular flexibility index (Phi) is 5.21. The molecule has 112 valence electrons. The third kappa shape index (κ3) is 3.75. The van der Waals surface area contributed by atoms with E-state index in [1.54, 1.807) is 31.2 Å². The van der Waals surface area contributed by atoms with Crippen molar-refractivity contribution >= 4 is 5.91 Å². The Bertz CT molecular complexity index is 530. The van der Waals surface area contributed by atoms with Crippen molar-refractivity contribution in [3.05, 3.63) is 29.8 Å². The monoisotopic (exact) mass is 286 g/mol. The lowest BCUT2D eigenvalue weighted by molar-refractivity contribution is -0.139. The van der Waals surface area contributed by atoms with Crippen molar-refractivity contribution in [3.63, 3.8) is 0 Å². The minimum atomic E-state index is -0.577. The van der Waals surface area contributed by atoms with Crippen molar-refractivity contribution in [3.8, 4) is 11.8 Å². The average molecular weight is 286 g/mol. The van der Waals surface area contributed by atoms with Crippen LogP contribution >= 0.6 is 0 Å². The van der Waals surface area contributed by atoms with Gasteiger partial charge in [0.05, 0.1) is 5.56 Å². The number of hydrogen-bond acceptors (Lipinski definition) is 3. The minimum Gasteiger partial charge on any atom is -0.480 e. The number of rotatable bonds is 4. The first-order valence-corrected chi connectivity index (χ1v) is 7.56. The van der Waals surface area contributed by atoms with Gasteiger partial charge < -0.3 is 9.64 Å². The molecule has 1 amide bonds. The zero-order valence-electron chi connectivity index (χ0n) is 12.7. The van der Waals surface area contributed by atoms with Crippen molar-refractivity contribution < 1.29 is 9.53 Å². The first-order valence-electron chi connectivity index (χ1n) is 7.56. The summed E-state index contributed by atoms with van der Waals surface area (Å²) >= 11 is 0. The molecule has 4 nitrogen and oxygen atoms in total. The van der Waals surface area contributed by atoms with Crippen LogP contribution in [0, 0.1) is 11.3 Å². The quantitative estimate of drug-likeness (QED) is 0.854. The van der Waals surface area contributed by atoms with Crippen molar-refractivity contribution in [1.82, 2.24) is 4.90 Å². The van der Waals surface area contributed by atoms with Gasteiger partial charge in [0.2, 0.25) is 0 Å². The highest BCUT2D eigenvalue weighted by Gasteiger charge is 2.26. The summed E-state index contributed by atoms with van der Waals surface area (Å²) < 4.78 is 5.70. The number of amides is 1. The maximum absolute atomic E-state index is 12.5. The first kappa shape index (κ1) is 15.4. The van der Waals surface area contributed by atoms with Crippen molar-refractivity contribution in [1.29, 1.82) is 5.26 Å². The summed E-state index contributed by atoms with van der Waals surface area (Å²) in [7, 11) is 1.86. The van der Waals surface area contributed by atoms with Gasteiger partial charge in [-0.25, -0.2) is 0 Å². The maximum Gasteiger partial charge on any atom is 0.263 e. The molecule has 1 aromatic carbocycles. The molecular weight excluding hydrogens is 264 g/mol. The Morgan fingerprint density at radius 1 is 1.33 bits per heavy atom. The fourth-order valence-corrected chi connectivity index (χ4v) is 2.84. The lowest BCUT2D eigenvalue weighted by atomic mass is 9.94. The van der Waals surface area contributed by atoms with Crippen LogP contribution in [-0.4, -0.2) is 30.0 Å². The second kappa shape index (κ2) is 7.12. The molecule has 0 radical (unpaired) electrons. The van der Waals surface area contributed by atoms with E-state index in [-0.39, 0.29) is 5.91 Å². The predicted molar refractivity (Wildman–Crippen MR) is 80.9 cm³/mol. The molecule has 0 bridgehead atoms. The molecule has 0 saturated heterocycles. The third-order valence-electron chi connectivity index (χ3n) is 4.13. The van der Waals surface area contributed by atoms with E-state index in [9.17, 15) is 4.79 Å². The molecule has 4 heteroatoms. The molecule has 2 rings (SSSR count). The highest BCUT2D eigenvalue weighted by atomic mass is 16.5. The van der Waals surface area contributed by atoms with Crippen molar-refractivity contribution in [2.24, 2.45) is 0 Å². The molecule has 1 aliphatic carbocycles. The topological polar surface area (TPSA) is 53.3 Å². The molecule has 1 aromatic rings. The fourth-order valence-electron chi connectivity index (χ4n) is 2.84. The molecule has 1 saturated carbocycles. The Labute approximate surface area is 126 Å². The second-order valence-corrected chi connectivity index (χ2v) is 5.61. The number of nitrogens with zero attached hydrogens (tertiary/aromatic N) is 2. The van der Waals surface area contributed by atoms with E-state index in [2.05, 4.69) is 6.07 Å². The highest BCUT2D eigenvalue weighted by molar-refractivity contribution is 5.81. The zero-order valence-corrected chi connectivity index (χ0v) is 12.7. The summed E-state index contributed by atoms with van der Waals surface area (Å²) in [4.78, 5) is 14.3. The summed E-state index contributed by atoms with van der Waals surface area (Å²) in [5, 5.41) is 9.06. The third-order valence-corrected chi connectivity index (χ3v) is 4.13. The lowest BCUT2D eigenvalue weighted by Crippen LogP contribution is -2.44. The van der Waals surface area contributed by atoms with Gasteiger partial charge in [-0.15, -0.1) is 0 Å². The molecule has 0 spiro atoms. The Morgan fingerprint density at radius 3 is 2.67 bits per heavy atom. The molecule has 0 N–H and O–H groups in total. The normalized spacial score (nSPS) is 16.8. The van der Waals surface area contributed by atoms with E-state index in [1.807, 2.05) is 11.9 Å². The summed E-state index contributed by atoms with van der Waals surface area (Å²) in [6, 6.07) is 9.41. The van der Waals surface area contributed by atoms with Gasteiger partial charge in [0.1, 0.15) is 11.8 Å². The van der Waals surface area contributed by atoms with Crippen LogP contribution in [0.1, 0.15) is 44.6 Å². The molecular formula is C17H22N2O2. The first-order chi connectivity index (χ1) is 10.1. The van der Waals surface area contributed by atoms with E-state index in [4.69, 9.17) is 10.00 Å². The number of nitriles is 1. The maximum atomic E-state index is 12.5. The standard InChI is InChI=1S/C17H22N2O2/c1-13(21-16-11-7-6-8-14(16)12-18)17(20)19(2)15-9-4-3-5-10-15/h6-8,11,13,15H,3-5,9-10H2,1-2H3. The molecule has 1 fully saturated rings. The van der Waals surface area contributed by atoms with E-state index in [0.29, 0.717) is 17.4 Å².